The van der Waals surface area contributed by atoms with Crippen molar-refractivity contribution in [1.29, 1.82) is 0 Å². The highest BCUT2D eigenvalue weighted by atomic mass is 32.2. The van der Waals surface area contributed by atoms with Crippen molar-refractivity contribution in [1.82, 2.24) is 4.31 Å². The van der Waals surface area contributed by atoms with Crippen LogP contribution in [-0.4, -0.2) is 51.1 Å². The Balaban J connectivity index is 1.60. The maximum absolute atomic E-state index is 12.4. The van der Waals surface area contributed by atoms with Crippen molar-refractivity contribution < 1.29 is 13.2 Å². The summed E-state index contributed by atoms with van der Waals surface area (Å²) in [6.45, 7) is 2.97. The van der Waals surface area contributed by atoms with Gasteiger partial charge in [-0.15, -0.1) is 0 Å². The predicted octanol–water partition coefficient (Wildman–Crippen LogP) is 1.90. The number of nitrogens with one attached hydrogen (secondary N) is 1. The Hall–Kier alpha value is -1.60. The molecule has 2 aliphatic rings. The fourth-order valence-electron chi connectivity index (χ4n) is 3.43. The molecule has 1 atom stereocenters. The van der Waals surface area contributed by atoms with Crippen LogP contribution in [0.4, 0.5) is 11.4 Å². The molecule has 0 saturated carbocycles. The first-order valence-electron chi connectivity index (χ1n) is 8.54. The number of nitrogens with zero attached hydrogens (tertiary/aromatic N) is 2. The highest BCUT2D eigenvalue weighted by Crippen LogP contribution is 2.24. The first-order chi connectivity index (χ1) is 11.4. The van der Waals surface area contributed by atoms with Gasteiger partial charge in [0.2, 0.25) is 15.9 Å². The number of hydrogen-bond acceptors (Lipinski definition) is 4. The lowest BCUT2D eigenvalue weighted by molar-refractivity contribution is -0.120. The van der Waals surface area contributed by atoms with Crippen LogP contribution in [0.2, 0.25) is 0 Å². The van der Waals surface area contributed by atoms with Crippen molar-refractivity contribution in [3.05, 3.63) is 24.3 Å². The fourth-order valence-corrected chi connectivity index (χ4v) is 4.34. The van der Waals surface area contributed by atoms with Crippen LogP contribution in [0.1, 0.15) is 25.7 Å². The first kappa shape index (κ1) is 17.2. The van der Waals surface area contributed by atoms with Gasteiger partial charge in [0.1, 0.15) is 0 Å². The van der Waals surface area contributed by atoms with E-state index in [1.165, 1.54) is 29.1 Å². The largest absolute Gasteiger partial charge is 0.372 e. The molecule has 2 saturated heterocycles. The van der Waals surface area contributed by atoms with Gasteiger partial charge in [-0.2, -0.15) is 0 Å². The molecule has 0 aromatic heterocycles. The Kier molecular flexibility index (Phi) is 5.10. The summed E-state index contributed by atoms with van der Waals surface area (Å²) in [5.74, 6) is -0.385. The monoisotopic (exact) mass is 351 g/mol. The lowest BCUT2D eigenvalue weighted by Gasteiger charge is -2.30. The Labute approximate surface area is 143 Å². The molecule has 0 radical (unpaired) electrons. The lowest BCUT2D eigenvalue weighted by Crippen LogP contribution is -2.43. The fraction of sp³-hybridized carbons (Fsp3) is 0.588. The normalized spacial score (nSPS) is 22.5. The summed E-state index contributed by atoms with van der Waals surface area (Å²) in [5.41, 5.74) is 1.95. The van der Waals surface area contributed by atoms with Crippen molar-refractivity contribution in [2.75, 3.05) is 42.7 Å². The Bertz CT molecular complexity index is 682. The van der Waals surface area contributed by atoms with Crippen molar-refractivity contribution in [3.63, 3.8) is 0 Å². The lowest BCUT2D eigenvalue weighted by atomic mass is 9.98. The maximum Gasteiger partial charge on any atom is 0.228 e. The second-order valence-corrected chi connectivity index (χ2v) is 8.67. The van der Waals surface area contributed by atoms with Crippen LogP contribution in [0.3, 0.4) is 0 Å². The zero-order chi connectivity index (χ0) is 17.2. The van der Waals surface area contributed by atoms with Gasteiger partial charge in [-0.1, -0.05) is 0 Å². The minimum Gasteiger partial charge on any atom is -0.372 e. The van der Waals surface area contributed by atoms with Crippen molar-refractivity contribution in [3.8, 4) is 0 Å². The van der Waals surface area contributed by atoms with Gasteiger partial charge in [0.05, 0.1) is 12.2 Å². The molecule has 6 nitrogen and oxygen atoms in total. The molecular formula is C17H25N3O3S. The van der Waals surface area contributed by atoms with E-state index < -0.39 is 10.0 Å². The van der Waals surface area contributed by atoms with Crippen molar-refractivity contribution in [2.24, 2.45) is 5.92 Å². The first-order valence-corrected chi connectivity index (χ1v) is 10.4. The zero-order valence-corrected chi connectivity index (χ0v) is 14.9. The SMILES string of the molecule is CS(=O)(=O)N1CCC[C@H](C(=O)Nc2ccc(N3CCCC3)cc2)C1. The third-order valence-electron chi connectivity index (χ3n) is 4.83. The third kappa shape index (κ3) is 4.08. The quantitative estimate of drug-likeness (QED) is 0.899. The summed E-state index contributed by atoms with van der Waals surface area (Å²) in [4.78, 5) is 14.8. The molecule has 2 fully saturated rings. The average Bonchev–Trinajstić information content (AvgIpc) is 3.09. The van der Waals surface area contributed by atoms with E-state index in [0.29, 0.717) is 6.54 Å². The molecule has 3 rings (SSSR count). The van der Waals surface area contributed by atoms with Crippen LogP contribution >= 0.6 is 0 Å². The Morgan fingerprint density at radius 2 is 1.75 bits per heavy atom. The van der Waals surface area contributed by atoms with E-state index in [-0.39, 0.29) is 18.4 Å². The van der Waals surface area contributed by atoms with Crippen LogP contribution in [-0.2, 0) is 14.8 Å². The standard InChI is InChI=1S/C17H25N3O3S/c1-24(22,23)20-12-4-5-14(13-20)17(21)18-15-6-8-16(9-7-15)19-10-2-3-11-19/h6-9,14H,2-5,10-13H2,1H3,(H,18,21)/t14-/m0/s1. The smallest absolute Gasteiger partial charge is 0.228 e. The van der Waals surface area contributed by atoms with Crippen LogP contribution in [0.5, 0.6) is 0 Å². The average molecular weight is 351 g/mol. The summed E-state index contributed by atoms with van der Waals surface area (Å²) in [7, 11) is -3.23. The maximum atomic E-state index is 12.4. The van der Waals surface area contributed by atoms with E-state index >= 15 is 0 Å². The summed E-state index contributed by atoms with van der Waals surface area (Å²) in [5, 5.41) is 2.92. The van der Waals surface area contributed by atoms with Gasteiger partial charge in [-0.3, -0.25) is 4.79 Å². The minimum absolute atomic E-state index is 0.0997. The van der Waals surface area contributed by atoms with Crippen LogP contribution in [0, 0.1) is 5.92 Å². The van der Waals surface area contributed by atoms with E-state index in [4.69, 9.17) is 0 Å². The molecule has 24 heavy (non-hydrogen) atoms. The van der Waals surface area contributed by atoms with Gasteiger partial charge >= 0.3 is 0 Å². The molecular weight excluding hydrogens is 326 g/mol. The number of carbonyl (C=O) groups is 1. The van der Waals surface area contributed by atoms with Crippen LogP contribution in [0.25, 0.3) is 0 Å². The van der Waals surface area contributed by atoms with E-state index in [9.17, 15) is 13.2 Å². The molecule has 2 heterocycles. The second kappa shape index (κ2) is 7.11. The van der Waals surface area contributed by atoms with E-state index in [1.807, 2.05) is 24.3 Å². The van der Waals surface area contributed by atoms with Gasteiger partial charge in [0.15, 0.2) is 0 Å². The molecule has 1 aromatic carbocycles. The van der Waals surface area contributed by atoms with Crippen molar-refractivity contribution >= 4 is 27.3 Å². The molecule has 132 valence electrons. The van der Waals surface area contributed by atoms with Gasteiger partial charge < -0.3 is 10.2 Å². The molecule has 1 aromatic rings. The number of rotatable bonds is 4. The number of benzene rings is 1. The zero-order valence-electron chi connectivity index (χ0n) is 14.1. The number of hydrogen-bond donors (Lipinski definition) is 1. The van der Waals surface area contributed by atoms with E-state index in [2.05, 4.69) is 10.2 Å². The number of carbonyl (C=O) groups excluding carboxylic acids is 1. The molecule has 0 spiro atoms. The van der Waals surface area contributed by atoms with Gasteiger partial charge in [0.25, 0.3) is 0 Å². The molecule has 2 aliphatic heterocycles. The molecule has 1 N–H and O–H groups in total. The number of amides is 1. The molecule has 0 unspecified atom stereocenters. The number of piperidine rings is 1. The molecule has 0 aliphatic carbocycles. The number of anilines is 2. The number of sulfonamides is 1. The Morgan fingerprint density at radius 3 is 2.38 bits per heavy atom. The molecule has 1 amide bonds. The topological polar surface area (TPSA) is 69.7 Å². The Morgan fingerprint density at radius 1 is 1.08 bits per heavy atom. The predicted molar refractivity (Wildman–Crippen MR) is 95.7 cm³/mol. The molecule has 0 bridgehead atoms. The third-order valence-corrected chi connectivity index (χ3v) is 6.10. The van der Waals surface area contributed by atoms with E-state index in [1.54, 1.807) is 0 Å². The van der Waals surface area contributed by atoms with Gasteiger partial charge in [-0.25, -0.2) is 12.7 Å². The highest BCUT2D eigenvalue weighted by molar-refractivity contribution is 7.88. The highest BCUT2D eigenvalue weighted by Gasteiger charge is 2.30. The summed E-state index contributed by atoms with van der Waals surface area (Å²) >= 11 is 0. The van der Waals surface area contributed by atoms with Crippen LogP contribution < -0.4 is 10.2 Å². The van der Waals surface area contributed by atoms with Gasteiger partial charge in [0, 0.05) is 37.6 Å². The summed E-state index contributed by atoms with van der Waals surface area (Å²) in [6, 6.07) is 7.90. The van der Waals surface area contributed by atoms with E-state index in [0.717, 1.165) is 31.6 Å². The summed E-state index contributed by atoms with van der Waals surface area (Å²) < 4.78 is 24.7. The minimum atomic E-state index is -3.23. The summed E-state index contributed by atoms with van der Waals surface area (Å²) in [6.07, 6.45) is 5.11. The molecule has 7 heteroatoms. The second-order valence-electron chi connectivity index (χ2n) is 6.69. The van der Waals surface area contributed by atoms with Crippen LogP contribution in [0.15, 0.2) is 24.3 Å². The van der Waals surface area contributed by atoms with Crippen molar-refractivity contribution in [2.45, 2.75) is 25.7 Å². The van der Waals surface area contributed by atoms with Gasteiger partial charge in [-0.05, 0) is 49.9 Å².